The second kappa shape index (κ2) is 32.9. The Morgan fingerprint density at radius 3 is 0.888 bits per heavy atom. The first kappa shape index (κ1) is 80.2. The van der Waals surface area contributed by atoms with E-state index in [2.05, 4.69) is 189 Å². The highest BCUT2D eigenvalue weighted by Crippen LogP contribution is 2.48. The van der Waals surface area contributed by atoms with E-state index in [-0.39, 0.29) is 21.5 Å². The van der Waals surface area contributed by atoms with Crippen molar-refractivity contribution in [3.8, 4) is 23.0 Å². The molecule has 0 atom stereocenters. The largest absolute Gasteiger partial charge is 0.451 e. The smallest absolute Gasteiger partial charge is 0.224 e. The van der Waals surface area contributed by atoms with E-state index in [4.69, 9.17) is 118 Å². The number of Topliss-reactive ketones (excluding diaryl/α,β-unsaturated/α-hetero) is 4. The van der Waals surface area contributed by atoms with Crippen molar-refractivity contribution in [1.82, 2.24) is 22.8 Å². The summed E-state index contributed by atoms with van der Waals surface area (Å²) in [4.78, 5) is 58.8. The van der Waals surface area contributed by atoms with Gasteiger partial charge in [0.25, 0.3) is 0 Å². The number of nitrogen functional groups attached to an aromatic ring is 1. The molecule has 16 aromatic rings. The third kappa shape index (κ3) is 13.6. The van der Waals surface area contributed by atoms with Crippen molar-refractivity contribution in [3.05, 3.63) is 263 Å². The average molecular weight is 1700 g/mol. The van der Waals surface area contributed by atoms with Crippen LogP contribution in [0.3, 0.4) is 0 Å². The fourth-order valence-corrected chi connectivity index (χ4v) is 17.5. The van der Waals surface area contributed by atoms with Crippen LogP contribution in [0, 0.1) is 0 Å². The Balaban J connectivity index is 0.000000133. The van der Waals surface area contributed by atoms with Crippen LogP contribution in [0.5, 0.6) is 23.0 Å². The summed E-state index contributed by atoms with van der Waals surface area (Å²) in [6, 6.07) is 67.6. The standard InChI is InChI=1S/C34H22Cl2N4O2.C34H26Cl2N4O2.C14H14N2.C6Cl4O2.2C2H6/c1-3-39-23-11-7-5-9-17(23)19-13-21-27(15-25(19)39)41-33-29(35)32-34(30(36)31(33)37-21)42-28-16-26-20(14-22(28)38-32)18-10-6-8-12-24(18)40(26)4-2;1-3-39-25-11-7-5-9-21(25)23-17-19(13-15-27(23)39)37-31-29(35)34(42)32(30(36)33(31)41)38-20-14-16-28-24(18-20)22-10-6-8-12-26(22)40(28)4-2;1-2-16-13-6-4-3-5-11(13)12-9-10(15)7-8-14(12)16;7-1-2(8)6(12)4(10)3(9)5(1)11;2*1-2/h5-16H,3-4H2,1-2H3;5-18,37-38H,3-4H2,1-2H3;3-9H,2,15H2,1H3;;2*1-2H3. The molecule has 0 spiro atoms. The SMILES string of the molecule is CC.CC.CCn1c2ccccc2c2cc(N)ccc21.CCn1c2ccccc2c2cc(NC3=C(Cl)C(=O)C(Nc4ccc5c(c4)c4ccccc4n5CC)=C(Cl)C3=O)ccc21.CCn1c2ccccc2c2cc3c(cc21)Oc1c(Cl)c2c(c(Cl)c1=N3)Oc1cc3c(cc1N=2)c1ccccc1n3CC.O=C1C(Cl)=C(Cl)C(=O)C(Cl)=C1Cl. The zero-order valence-electron chi connectivity index (χ0n) is 64.3. The molecule has 584 valence electrons. The summed E-state index contributed by atoms with van der Waals surface area (Å²) in [6.07, 6.45) is 0. The molecule has 116 heavy (non-hydrogen) atoms. The molecular formula is C92H74Cl8N10O6. The van der Waals surface area contributed by atoms with E-state index in [1.54, 1.807) is 0 Å². The van der Waals surface area contributed by atoms with Crippen LogP contribution in [-0.4, -0.2) is 46.0 Å². The summed E-state index contributed by atoms with van der Waals surface area (Å²) >= 11 is 48.6. The van der Waals surface area contributed by atoms with Gasteiger partial charge in [0.05, 0.1) is 11.0 Å². The van der Waals surface area contributed by atoms with E-state index in [0.717, 1.165) is 104 Å². The van der Waals surface area contributed by atoms with Gasteiger partial charge in [0.1, 0.15) is 73.7 Å². The molecule has 5 aromatic heterocycles. The molecule has 4 aliphatic rings. The molecule has 11 aromatic carbocycles. The lowest BCUT2D eigenvalue weighted by atomic mass is 10.0. The van der Waals surface area contributed by atoms with E-state index < -0.39 is 43.3 Å². The second-order valence-electron chi connectivity index (χ2n) is 26.8. The van der Waals surface area contributed by atoms with Gasteiger partial charge in [-0.3, -0.25) is 19.2 Å². The number of ether oxygens (including phenoxy) is 2. The molecule has 0 radical (unpaired) electrons. The molecule has 0 saturated heterocycles. The van der Waals surface area contributed by atoms with Gasteiger partial charge in [-0.15, -0.1) is 0 Å². The number of benzene rings is 11. The third-order valence-electron chi connectivity index (χ3n) is 20.8. The maximum absolute atomic E-state index is 13.4. The van der Waals surface area contributed by atoms with Gasteiger partial charge in [0.15, 0.2) is 23.0 Å². The molecule has 0 amide bonds. The fraction of sp³-hybridized carbons (Fsp3) is 0.152. The van der Waals surface area contributed by atoms with Crippen molar-refractivity contribution in [2.45, 2.75) is 95.0 Å². The highest BCUT2D eigenvalue weighted by molar-refractivity contribution is 6.69. The maximum Gasteiger partial charge on any atom is 0.224 e. The van der Waals surface area contributed by atoms with Gasteiger partial charge in [-0.05, 0) is 132 Å². The van der Waals surface area contributed by atoms with E-state index >= 15 is 0 Å². The lowest BCUT2D eigenvalue weighted by molar-refractivity contribution is -0.115. The quantitative estimate of drug-likeness (QED) is 0.0934. The highest BCUT2D eigenvalue weighted by atomic mass is 35.5. The number of ketones is 4. The zero-order valence-corrected chi connectivity index (χ0v) is 70.3. The molecule has 2 aliphatic carbocycles. The second-order valence-corrected chi connectivity index (χ2v) is 29.9. The van der Waals surface area contributed by atoms with Crippen LogP contribution in [0.1, 0.15) is 62.3 Å². The normalized spacial score (nSPS) is 13.6. The lowest BCUT2D eigenvalue weighted by Crippen LogP contribution is -2.27. The predicted molar refractivity (Wildman–Crippen MR) is 481 cm³/mol. The summed E-state index contributed by atoms with van der Waals surface area (Å²) < 4.78 is 24.3. The third-order valence-corrected chi connectivity index (χ3v) is 23.8. The average Bonchev–Trinajstić information content (AvgIpc) is 1.31. The van der Waals surface area contributed by atoms with Gasteiger partial charge in [0.2, 0.25) is 23.1 Å². The number of carbonyl (C=O) groups excluding carboxylic acids is 4. The van der Waals surface area contributed by atoms with E-state index in [9.17, 15) is 19.2 Å². The van der Waals surface area contributed by atoms with Gasteiger partial charge in [-0.2, -0.15) is 0 Å². The monoisotopic (exact) mass is 1690 g/mol. The molecule has 16 nitrogen and oxygen atoms in total. The zero-order chi connectivity index (χ0) is 82.0. The van der Waals surface area contributed by atoms with Crippen molar-refractivity contribution >= 4 is 253 Å². The number of nitrogens with zero attached hydrogens (tertiary/aromatic N) is 7. The number of allylic oxidation sites excluding steroid dienone is 6. The number of fused-ring (bicyclic) bond motifs is 19. The number of aromatic nitrogens is 5. The van der Waals surface area contributed by atoms with Crippen molar-refractivity contribution < 1.29 is 28.7 Å². The summed E-state index contributed by atoms with van der Waals surface area (Å²) in [5, 5.41) is 17.0. The van der Waals surface area contributed by atoms with Crippen LogP contribution in [0.4, 0.5) is 28.4 Å². The molecule has 0 bridgehead atoms. The first-order chi connectivity index (χ1) is 56.2. The molecule has 0 unspecified atom stereocenters. The van der Waals surface area contributed by atoms with Crippen LogP contribution in [-0.2, 0) is 51.9 Å². The van der Waals surface area contributed by atoms with Crippen molar-refractivity contribution in [1.29, 1.82) is 0 Å². The topological polar surface area (TPSA) is 186 Å². The molecule has 0 saturated carbocycles. The summed E-state index contributed by atoms with van der Waals surface area (Å²) in [7, 11) is 0. The summed E-state index contributed by atoms with van der Waals surface area (Å²) in [5.74, 6) is -0.557. The number of rotatable bonds is 9. The number of nitrogens with two attached hydrogens (primary N) is 1. The minimum Gasteiger partial charge on any atom is -0.451 e. The van der Waals surface area contributed by atoms with Gasteiger partial charge in [0, 0.05) is 160 Å². The number of hydrogen-bond acceptors (Lipinski definition) is 11. The lowest BCUT2D eigenvalue weighted by Gasteiger charge is -2.21. The molecular weight excluding hydrogens is 1620 g/mol. The van der Waals surface area contributed by atoms with Gasteiger partial charge in [-0.25, -0.2) is 9.98 Å². The Morgan fingerprint density at radius 1 is 0.310 bits per heavy atom. The Bertz CT molecular complexity index is 6770. The van der Waals surface area contributed by atoms with E-state index in [0.29, 0.717) is 66.5 Å². The number of para-hydroxylation sites is 5. The Labute approximate surface area is 706 Å². The van der Waals surface area contributed by atoms with Gasteiger partial charge in [-0.1, -0.05) is 211 Å². The van der Waals surface area contributed by atoms with E-state index in [1.165, 1.54) is 43.6 Å². The van der Waals surface area contributed by atoms with Crippen molar-refractivity contribution in [3.63, 3.8) is 0 Å². The first-order valence-corrected chi connectivity index (χ1v) is 41.1. The Hall–Kier alpha value is -11.0. The number of carbonyl (C=O) groups is 4. The Morgan fingerprint density at radius 2 is 0.578 bits per heavy atom. The molecule has 4 N–H and O–H groups in total. The van der Waals surface area contributed by atoms with Crippen molar-refractivity contribution in [2.24, 2.45) is 9.98 Å². The van der Waals surface area contributed by atoms with Crippen LogP contribution >= 0.6 is 92.8 Å². The Kier molecular flexibility index (Phi) is 22.8. The minimum atomic E-state index is -0.729. The van der Waals surface area contributed by atoms with Gasteiger partial charge >= 0.3 is 0 Å². The number of anilines is 3. The molecule has 0 fully saturated rings. The summed E-state index contributed by atoms with van der Waals surface area (Å²) in [5.41, 5.74) is 20.7. The van der Waals surface area contributed by atoms with Crippen LogP contribution < -0.4 is 36.6 Å². The van der Waals surface area contributed by atoms with Crippen LogP contribution in [0.2, 0.25) is 10.0 Å². The molecule has 2 aliphatic heterocycles. The highest BCUT2D eigenvalue weighted by Gasteiger charge is 2.36. The maximum atomic E-state index is 13.4. The van der Waals surface area contributed by atoms with Crippen LogP contribution in [0.25, 0.3) is 109 Å². The number of halogens is 8. The molecule has 20 rings (SSSR count). The van der Waals surface area contributed by atoms with Crippen molar-refractivity contribution in [2.75, 3.05) is 16.4 Å². The molecule has 24 heteroatoms. The minimum absolute atomic E-state index is 0.0442. The van der Waals surface area contributed by atoms with Crippen LogP contribution in [0.15, 0.2) is 252 Å². The number of aryl methyl sites for hydroxylation is 5. The molecule has 7 heterocycles. The van der Waals surface area contributed by atoms with E-state index in [1.807, 2.05) is 107 Å². The fourth-order valence-electron chi connectivity index (χ4n) is 15.7. The number of hydrogen-bond donors (Lipinski definition) is 3. The number of nitrogens with one attached hydrogen (secondary N) is 2. The first-order valence-electron chi connectivity index (χ1n) is 38.1. The summed E-state index contributed by atoms with van der Waals surface area (Å²) in [6.45, 7) is 23.0. The predicted octanol–water partition coefficient (Wildman–Crippen LogP) is 25.8. The van der Waals surface area contributed by atoms with Gasteiger partial charge < -0.3 is 48.7 Å².